The number of carbonyl (C=O) groups excluding carboxylic acids is 1. The van der Waals surface area contributed by atoms with Crippen molar-refractivity contribution in [2.45, 2.75) is 13.8 Å². The minimum atomic E-state index is -0.0660. The third-order valence-electron chi connectivity index (χ3n) is 2.30. The number of benzene rings is 1. The number of nitrogens with zero attached hydrogens (tertiary/aromatic N) is 2. The maximum absolute atomic E-state index is 11.4. The fourth-order valence-corrected chi connectivity index (χ4v) is 1.83. The number of hydrogen-bond donors (Lipinski definition) is 0. The van der Waals surface area contributed by atoms with Gasteiger partial charge in [-0.2, -0.15) is 5.01 Å². The second-order valence-electron chi connectivity index (χ2n) is 3.17. The van der Waals surface area contributed by atoms with Crippen LogP contribution in [0.5, 0.6) is 0 Å². The zero-order valence-electron chi connectivity index (χ0n) is 8.02. The van der Waals surface area contributed by atoms with E-state index in [2.05, 4.69) is 4.47 Å². The molecule has 1 aliphatic rings. The molecule has 14 heavy (non-hydrogen) atoms. The Morgan fingerprint density at radius 1 is 1.36 bits per heavy atom. The molecule has 0 atom stereocenters. The average Bonchev–Trinajstić information content (AvgIpc) is 2.57. The molecule has 1 aliphatic heterocycles. The molecule has 0 saturated heterocycles. The summed E-state index contributed by atoms with van der Waals surface area (Å²) in [6, 6.07) is 5.86. The summed E-state index contributed by atoms with van der Waals surface area (Å²) in [5.41, 5.74) is 3.14. The van der Waals surface area contributed by atoms with Crippen LogP contribution in [0, 0.1) is 13.8 Å². The normalized spacial score (nSPS) is 14.7. The van der Waals surface area contributed by atoms with Crippen LogP contribution >= 0.6 is 0 Å². The predicted octanol–water partition coefficient (Wildman–Crippen LogP) is 1.63. The van der Waals surface area contributed by atoms with Crippen LogP contribution in [0.2, 0.25) is 0 Å². The molecule has 2 rings (SSSR count). The van der Waals surface area contributed by atoms with Crippen molar-refractivity contribution >= 4 is 28.1 Å². The molecule has 0 spiro atoms. The van der Waals surface area contributed by atoms with Crippen molar-refractivity contribution in [2.24, 2.45) is 4.47 Å². The summed E-state index contributed by atoms with van der Waals surface area (Å²) in [5.74, 6) is -0.0660. The molecule has 1 heterocycles. The number of rotatable bonds is 1. The lowest BCUT2D eigenvalue weighted by Gasteiger charge is -2.14. The molecule has 0 aliphatic carbocycles. The minimum Gasteiger partial charge on any atom is -0.266 e. The monoisotopic (exact) mass is 206 g/mol. The lowest BCUT2D eigenvalue weighted by molar-refractivity contribution is -0.111. The molecule has 0 bridgehead atoms. The Kier molecular flexibility index (Phi) is 2.21. The maximum atomic E-state index is 11.4. The summed E-state index contributed by atoms with van der Waals surface area (Å²) in [7, 11) is 0. The fourth-order valence-electron chi connectivity index (χ4n) is 1.33. The molecular formula is C10H10N2OS. The van der Waals surface area contributed by atoms with Crippen molar-refractivity contribution in [1.29, 1.82) is 0 Å². The van der Waals surface area contributed by atoms with E-state index in [9.17, 15) is 4.79 Å². The average molecular weight is 206 g/mol. The summed E-state index contributed by atoms with van der Waals surface area (Å²) >= 11 is 1.18. The van der Waals surface area contributed by atoms with Crippen LogP contribution in [-0.4, -0.2) is 11.3 Å². The second kappa shape index (κ2) is 3.38. The summed E-state index contributed by atoms with van der Waals surface area (Å²) in [6.07, 6.45) is 0. The lowest BCUT2D eigenvalue weighted by atomic mass is 10.1. The first kappa shape index (κ1) is 9.15. The highest BCUT2D eigenvalue weighted by Crippen LogP contribution is 2.23. The van der Waals surface area contributed by atoms with E-state index < -0.39 is 0 Å². The van der Waals surface area contributed by atoms with Crippen molar-refractivity contribution in [1.82, 2.24) is 0 Å². The number of anilines is 1. The molecule has 72 valence electrons. The zero-order valence-corrected chi connectivity index (χ0v) is 8.84. The molecule has 1 aromatic rings. The molecule has 3 nitrogen and oxygen atoms in total. The minimum absolute atomic E-state index is 0.0660. The first-order valence-corrected chi connectivity index (χ1v) is 5.14. The zero-order chi connectivity index (χ0) is 10.1. The molecule has 0 N–H and O–H groups in total. The van der Waals surface area contributed by atoms with Crippen LogP contribution in [0.1, 0.15) is 11.1 Å². The van der Waals surface area contributed by atoms with Crippen LogP contribution in [0.4, 0.5) is 5.69 Å². The van der Waals surface area contributed by atoms with Crippen molar-refractivity contribution < 1.29 is 4.79 Å². The standard InChI is InChI=1S/C10H10N2OS/c1-7-4-3-5-9(8(7)2)12-10(13)6-14-11-12/h3-6H,1-2H3. The largest absolute Gasteiger partial charge is 0.283 e. The molecule has 1 amide bonds. The molecular weight excluding hydrogens is 196 g/mol. The molecule has 0 unspecified atom stereocenters. The van der Waals surface area contributed by atoms with Gasteiger partial charge in [-0.15, -0.1) is 4.47 Å². The molecule has 4 heteroatoms. The van der Waals surface area contributed by atoms with E-state index in [1.807, 2.05) is 32.0 Å². The van der Waals surface area contributed by atoms with E-state index in [0.717, 1.165) is 11.3 Å². The lowest BCUT2D eigenvalue weighted by Crippen LogP contribution is -2.22. The first-order valence-electron chi connectivity index (χ1n) is 4.30. The Balaban J connectivity index is 2.47. The van der Waals surface area contributed by atoms with Gasteiger partial charge in [0.2, 0.25) is 0 Å². The van der Waals surface area contributed by atoms with Gasteiger partial charge in [-0.05, 0) is 42.2 Å². The maximum Gasteiger partial charge on any atom is 0.283 e. The molecule has 0 fully saturated rings. The number of aryl methyl sites for hydroxylation is 1. The fraction of sp³-hybridized carbons (Fsp3) is 0.200. The van der Waals surface area contributed by atoms with Gasteiger partial charge in [0.15, 0.2) is 0 Å². The second-order valence-corrected chi connectivity index (χ2v) is 3.78. The summed E-state index contributed by atoms with van der Waals surface area (Å²) in [6.45, 7) is 4.02. The molecule has 0 aromatic heterocycles. The van der Waals surface area contributed by atoms with E-state index in [1.165, 1.54) is 27.1 Å². The van der Waals surface area contributed by atoms with Gasteiger partial charge in [-0.25, -0.2) is 0 Å². The highest BCUT2D eigenvalue weighted by molar-refractivity contribution is 7.69. The number of carbonyl (C=O) groups is 1. The van der Waals surface area contributed by atoms with Crippen molar-refractivity contribution in [3.8, 4) is 0 Å². The van der Waals surface area contributed by atoms with E-state index in [1.54, 1.807) is 0 Å². The molecule has 1 aromatic carbocycles. The van der Waals surface area contributed by atoms with Gasteiger partial charge in [0, 0.05) is 0 Å². The van der Waals surface area contributed by atoms with Gasteiger partial charge < -0.3 is 0 Å². The van der Waals surface area contributed by atoms with E-state index >= 15 is 0 Å². The van der Waals surface area contributed by atoms with Crippen molar-refractivity contribution in [3.05, 3.63) is 29.3 Å². The van der Waals surface area contributed by atoms with Gasteiger partial charge in [0.05, 0.1) is 11.1 Å². The highest BCUT2D eigenvalue weighted by Gasteiger charge is 2.17. The SMILES string of the molecule is Cc1cccc(N2N=S=CC2=O)c1C. The predicted molar refractivity (Wildman–Crippen MR) is 59.3 cm³/mol. The topological polar surface area (TPSA) is 32.7 Å². The molecule has 0 radical (unpaired) electrons. The van der Waals surface area contributed by atoms with Gasteiger partial charge in [0.25, 0.3) is 5.91 Å². The smallest absolute Gasteiger partial charge is 0.266 e. The number of amides is 1. The van der Waals surface area contributed by atoms with Gasteiger partial charge in [-0.3, -0.25) is 4.79 Å². The van der Waals surface area contributed by atoms with Crippen LogP contribution in [-0.2, 0) is 15.9 Å². The van der Waals surface area contributed by atoms with Crippen LogP contribution in [0.25, 0.3) is 0 Å². The first-order chi connectivity index (χ1) is 6.70. The highest BCUT2D eigenvalue weighted by atomic mass is 32.1. The Morgan fingerprint density at radius 2 is 2.14 bits per heavy atom. The van der Waals surface area contributed by atoms with E-state index in [4.69, 9.17) is 0 Å². The Hall–Kier alpha value is -1.42. The third-order valence-corrected chi connectivity index (χ3v) is 2.86. The van der Waals surface area contributed by atoms with E-state index in [0.29, 0.717) is 0 Å². The molecule has 0 saturated carbocycles. The van der Waals surface area contributed by atoms with Crippen LogP contribution in [0.3, 0.4) is 0 Å². The Bertz CT molecular complexity index is 461. The summed E-state index contributed by atoms with van der Waals surface area (Å²) in [5, 5.41) is 2.94. The van der Waals surface area contributed by atoms with Crippen molar-refractivity contribution in [2.75, 3.05) is 5.01 Å². The summed E-state index contributed by atoms with van der Waals surface area (Å²) < 4.78 is 4.03. The van der Waals surface area contributed by atoms with Gasteiger partial charge >= 0.3 is 0 Å². The van der Waals surface area contributed by atoms with Crippen LogP contribution < -0.4 is 5.01 Å². The quantitative estimate of drug-likeness (QED) is 0.643. The Morgan fingerprint density at radius 3 is 2.79 bits per heavy atom. The van der Waals surface area contributed by atoms with Gasteiger partial charge in [0.1, 0.15) is 0 Å². The third kappa shape index (κ3) is 1.37. The van der Waals surface area contributed by atoms with Crippen molar-refractivity contribution in [3.63, 3.8) is 0 Å². The Labute approximate surface area is 86.0 Å². The van der Waals surface area contributed by atoms with Crippen LogP contribution in [0.15, 0.2) is 22.7 Å². The van der Waals surface area contributed by atoms with E-state index in [-0.39, 0.29) is 5.91 Å². The summed E-state index contributed by atoms with van der Waals surface area (Å²) in [4.78, 5) is 11.4. The van der Waals surface area contributed by atoms with Gasteiger partial charge in [-0.1, -0.05) is 12.1 Å². The number of hydrogen-bond acceptors (Lipinski definition) is 2.